The van der Waals surface area contributed by atoms with Crippen LogP contribution in [0.2, 0.25) is 0 Å². The first kappa shape index (κ1) is 9.84. The van der Waals surface area contributed by atoms with Crippen LogP contribution in [0.15, 0.2) is 30.7 Å². The SMILES string of the molecule is O=C([O-])c1nccn2cccc12.[Li+]. The standard InChI is InChI=1S/C8H6N2O2.Li/c11-8(12)7-6-2-1-4-10(6)5-3-9-7;/h1-5H,(H,11,12);/q;+1/p-1. The van der Waals surface area contributed by atoms with Crippen LogP contribution in [-0.2, 0) is 0 Å². The van der Waals surface area contributed by atoms with E-state index in [4.69, 9.17) is 0 Å². The van der Waals surface area contributed by atoms with Gasteiger partial charge in [-0.25, -0.2) is 0 Å². The molecular formula is C8H5LiN2O2. The first-order valence-corrected chi connectivity index (χ1v) is 3.42. The molecule has 2 aromatic rings. The molecule has 0 atom stereocenters. The smallest absolute Gasteiger partial charge is 0.543 e. The Morgan fingerprint density at radius 2 is 2.23 bits per heavy atom. The largest absolute Gasteiger partial charge is 1.00 e. The second-order valence-electron chi connectivity index (χ2n) is 2.36. The Labute approximate surface area is 86.4 Å². The van der Waals surface area contributed by atoms with Crippen LogP contribution in [0, 0.1) is 0 Å². The number of fused-ring (bicyclic) bond motifs is 1. The number of rotatable bonds is 1. The zero-order valence-corrected chi connectivity index (χ0v) is 7.10. The minimum Gasteiger partial charge on any atom is -0.543 e. The van der Waals surface area contributed by atoms with Gasteiger partial charge in [-0.2, -0.15) is 0 Å². The second kappa shape index (κ2) is 3.65. The zero-order chi connectivity index (χ0) is 8.55. The number of carbonyl (C=O) groups excluding carboxylic acids is 1. The van der Waals surface area contributed by atoms with Crippen molar-refractivity contribution in [1.82, 2.24) is 9.38 Å². The number of nitrogens with zero attached hydrogens (tertiary/aromatic N) is 2. The van der Waals surface area contributed by atoms with E-state index in [0.29, 0.717) is 5.52 Å². The van der Waals surface area contributed by atoms with Crippen LogP contribution in [-0.4, -0.2) is 15.4 Å². The summed E-state index contributed by atoms with van der Waals surface area (Å²) < 4.78 is 1.68. The van der Waals surface area contributed by atoms with Crippen LogP contribution in [0.4, 0.5) is 0 Å². The van der Waals surface area contributed by atoms with Crippen molar-refractivity contribution in [3.05, 3.63) is 36.4 Å². The van der Waals surface area contributed by atoms with Crippen LogP contribution >= 0.6 is 0 Å². The van der Waals surface area contributed by atoms with Crippen LogP contribution in [0.3, 0.4) is 0 Å². The van der Waals surface area contributed by atoms with Crippen LogP contribution < -0.4 is 24.0 Å². The molecule has 0 bridgehead atoms. The van der Waals surface area contributed by atoms with E-state index in [1.54, 1.807) is 28.9 Å². The van der Waals surface area contributed by atoms with Gasteiger partial charge in [0.25, 0.3) is 0 Å². The predicted molar refractivity (Wildman–Crippen MR) is 39.5 cm³/mol. The number of aromatic nitrogens is 2. The van der Waals surface area contributed by atoms with Gasteiger partial charge in [-0.1, -0.05) is 0 Å². The van der Waals surface area contributed by atoms with E-state index in [9.17, 15) is 9.90 Å². The normalized spacial score (nSPS) is 9.54. The Morgan fingerprint density at radius 3 is 2.92 bits per heavy atom. The number of carboxylic acid groups (broad SMARTS) is 1. The van der Waals surface area contributed by atoms with Crippen molar-refractivity contribution in [3.63, 3.8) is 0 Å². The van der Waals surface area contributed by atoms with Crippen molar-refractivity contribution >= 4 is 11.5 Å². The molecule has 2 heterocycles. The molecule has 13 heavy (non-hydrogen) atoms. The van der Waals surface area contributed by atoms with Gasteiger partial charge in [-0.15, -0.1) is 0 Å². The predicted octanol–water partition coefficient (Wildman–Crippen LogP) is -3.30. The minimum atomic E-state index is -1.25. The summed E-state index contributed by atoms with van der Waals surface area (Å²) >= 11 is 0. The van der Waals surface area contributed by atoms with Gasteiger partial charge in [0.15, 0.2) is 0 Å². The van der Waals surface area contributed by atoms with Gasteiger partial charge in [0, 0.05) is 18.6 Å². The first-order valence-electron chi connectivity index (χ1n) is 3.42. The summed E-state index contributed by atoms with van der Waals surface area (Å²) in [4.78, 5) is 14.2. The van der Waals surface area contributed by atoms with Crippen molar-refractivity contribution < 1.29 is 28.8 Å². The zero-order valence-electron chi connectivity index (χ0n) is 7.10. The summed E-state index contributed by atoms with van der Waals surface area (Å²) in [5.74, 6) is -1.25. The maximum Gasteiger partial charge on any atom is 1.00 e. The van der Waals surface area contributed by atoms with E-state index in [0.717, 1.165) is 0 Å². The Balaban J connectivity index is 0.000000845. The summed E-state index contributed by atoms with van der Waals surface area (Å²) in [6.45, 7) is 0. The topological polar surface area (TPSA) is 57.4 Å². The third-order valence-corrected chi connectivity index (χ3v) is 1.65. The molecule has 0 aliphatic rings. The molecule has 0 saturated carbocycles. The number of hydrogen-bond donors (Lipinski definition) is 0. The third-order valence-electron chi connectivity index (χ3n) is 1.65. The van der Waals surface area contributed by atoms with Crippen LogP contribution in [0.25, 0.3) is 5.52 Å². The van der Waals surface area contributed by atoms with Gasteiger partial charge < -0.3 is 14.3 Å². The molecular weight excluding hydrogens is 163 g/mol. The molecule has 2 rings (SSSR count). The fourth-order valence-electron chi connectivity index (χ4n) is 1.13. The first-order chi connectivity index (χ1) is 5.79. The maximum atomic E-state index is 10.5. The van der Waals surface area contributed by atoms with Gasteiger partial charge >= 0.3 is 18.9 Å². The summed E-state index contributed by atoms with van der Waals surface area (Å²) in [6, 6.07) is 3.43. The summed E-state index contributed by atoms with van der Waals surface area (Å²) in [5.41, 5.74) is 0.528. The van der Waals surface area contributed by atoms with Crippen LogP contribution in [0.5, 0.6) is 0 Å². The van der Waals surface area contributed by atoms with Crippen molar-refractivity contribution in [3.8, 4) is 0 Å². The van der Waals surface area contributed by atoms with E-state index >= 15 is 0 Å². The van der Waals surface area contributed by atoms with Crippen molar-refractivity contribution in [2.45, 2.75) is 0 Å². The maximum absolute atomic E-state index is 10.5. The van der Waals surface area contributed by atoms with Crippen molar-refractivity contribution in [2.75, 3.05) is 0 Å². The Morgan fingerprint density at radius 1 is 1.46 bits per heavy atom. The van der Waals surface area contributed by atoms with Gasteiger partial charge in [-0.05, 0) is 12.1 Å². The molecule has 2 aromatic heterocycles. The average molecular weight is 168 g/mol. The molecule has 0 N–H and O–H groups in total. The quantitative estimate of drug-likeness (QED) is 0.419. The fraction of sp³-hybridized carbons (Fsp3) is 0. The molecule has 4 nitrogen and oxygen atoms in total. The van der Waals surface area contributed by atoms with Gasteiger partial charge in [0.05, 0.1) is 11.5 Å². The van der Waals surface area contributed by atoms with E-state index in [1.807, 2.05) is 0 Å². The number of hydrogen-bond acceptors (Lipinski definition) is 3. The molecule has 0 aliphatic carbocycles. The molecule has 0 amide bonds. The minimum absolute atomic E-state index is 0. The van der Waals surface area contributed by atoms with E-state index in [-0.39, 0.29) is 24.6 Å². The summed E-state index contributed by atoms with van der Waals surface area (Å²) in [6.07, 6.45) is 4.86. The summed E-state index contributed by atoms with van der Waals surface area (Å²) in [5, 5.41) is 10.5. The molecule has 0 saturated heterocycles. The van der Waals surface area contributed by atoms with Gasteiger partial charge in [0.2, 0.25) is 0 Å². The second-order valence-corrected chi connectivity index (χ2v) is 2.36. The van der Waals surface area contributed by atoms with Gasteiger partial charge in [-0.3, -0.25) is 4.98 Å². The fourth-order valence-corrected chi connectivity index (χ4v) is 1.13. The van der Waals surface area contributed by atoms with E-state index < -0.39 is 5.97 Å². The average Bonchev–Trinajstić information content (AvgIpc) is 2.49. The molecule has 0 radical (unpaired) electrons. The molecule has 0 unspecified atom stereocenters. The summed E-state index contributed by atoms with van der Waals surface area (Å²) in [7, 11) is 0. The van der Waals surface area contributed by atoms with Crippen molar-refractivity contribution in [2.24, 2.45) is 0 Å². The Hall–Kier alpha value is -1.24. The monoisotopic (exact) mass is 168 g/mol. The molecule has 0 spiro atoms. The van der Waals surface area contributed by atoms with Crippen molar-refractivity contribution in [1.29, 1.82) is 0 Å². The number of carbonyl (C=O) groups is 1. The molecule has 60 valence electrons. The molecule has 0 aliphatic heterocycles. The molecule has 0 fully saturated rings. The third kappa shape index (κ3) is 1.59. The van der Waals surface area contributed by atoms with E-state index in [1.165, 1.54) is 6.20 Å². The van der Waals surface area contributed by atoms with Gasteiger partial charge in [0.1, 0.15) is 5.69 Å². The number of aromatic carboxylic acids is 1. The Kier molecular flexibility index (Phi) is 2.76. The molecule has 5 heteroatoms. The Bertz CT molecular complexity index is 438. The number of carboxylic acids is 1. The van der Waals surface area contributed by atoms with Crippen LogP contribution in [0.1, 0.15) is 10.5 Å². The van der Waals surface area contributed by atoms with E-state index in [2.05, 4.69) is 4.98 Å². The molecule has 0 aromatic carbocycles.